The highest BCUT2D eigenvalue weighted by atomic mass is 35.5. The van der Waals surface area contributed by atoms with Gasteiger partial charge in [-0.1, -0.05) is 11.6 Å². The molecule has 9 heteroatoms. The molecule has 1 N–H and O–H groups in total. The predicted molar refractivity (Wildman–Crippen MR) is 98.0 cm³/mol. The van der Waals surface area contributed by atoms with Crippen molar-refractivity contribution in [3.8, 4) is 0 Å². The van der Waals surface area contributed by atoms with Gasteiger partial charge in [-0.15, -0.1) is 0 Å². The van der Waals surface area contributed by atoms with E-state index in [0.29, 0.717) is 37.3 Å². The zero-order valence-electron chi connectivity index (χ0n) is 14.1. The zero-order chi connectivity index (χ0) is 19.6. The Balaban J connectivity index is 1.64. The van der Waals surface area contributed by atoms with Gasteiger partial charge in [0.05, 0.1) is 16.0 Å². The molecule has 27 heavy (non-hydrogen) atoms. The second kappa shape index (κ2) is 7.87. The Bertz CT molecular complexity index is 886. The largest absolute Gasteiger partial charge is 0.366 e. The van der Waals surface area contributed by atoms with E-state index in [1.165, 1.54) is 30.3 Å². The molecule has 1 fully saturated rings. The monoisotopic (exact) mass is 395 g/mol. The van der Waals surface area contributed by atoms with E-state index in [9.17, 15) is 23.7 Å². The number of carbonyl (C=O) groups excluding carboxylic acids is 1. The molecular formula is C18H16ClF2N3O3. The lowest BCUT2D eigenvalue weighted by Crippen LogP contribution is -2.38. The average molecular weight is 396 g/mol. The smallest absolute Gasteiger partial charge is 0.295 e. The van der Waals surface area contributed by atoms with E-state index in [1.807, 2.05) is 0 Å². The number of rotatable bonds is 4. The molecule has 1 aliphatic rings. The van der Waals surface area contributed by atoms with Crippen molar-refractivity contribution in [2.75, 3.05) is 23.3 Å². The van der Waals surface area contributed by atoms with Gasteiger partial charge in [-0.05, 0) is 43.2 Å². The van der Waals surface area contributed by atoms with Crippen molar-refractivity contribution in [3.63, 3.8) is 0 Å². The van der Waals surface area contributed by atoms with E-state index >= 15 is 0 Å². The molecule has 2 aromatic rings. The summed E-state index contributed by atoms with van der Waals surface area (Å²) >= 11 is 5.71. The van der Waals surface area contributed by atoms with E-state index in [1.54, 1.807) is 4.90 Å². The normalized spacial score (nSPS) is 14.9. The van der Waals surface area contributed by atoms with Crippen LogP contribution in [0.5, 0.6) is 0 Å². The van der Waals surface area contributed by atoms with E-state index < -0.39 is 16.6 Å². The second-order valence-electron chi connectivity index (χ2n) is 6.27. The predicted octanol–water partition coefficient (Wildman–Crippen LogP) is 4.38. The third-order valence-electron chi connectivity index (χ3n) is 4.53. The maximum absolute atomic E-state index is 13.3. The van der Waals surface area contributed by atoms with E-state index in [4.69, 9.17) is 11.6 Å². The fourth-order valence-corrected chi connectivity index (χ4v) is 3.29. The topological polar surface area (TPSA) is 75.5 Å². The Morgan fingerprint density at radius 1 is 1.19 bits per heavy atom. The summed E-state index contributed by atoms with van der Waals surface area (Å²) in [5.74, 6) is -1.74. The van der Waals surface area contributed by atoms with Gasteiger partial charge in [-0.25, -0.2) is 8.78 Å². The molecule has 1 saturated heterocycles. The van der Waals surface area contributed by atoms with Crippen LogP contribution in [0.1, 0.15) is 12.8 Å². The first-order chi connectivity index (χ1) is 12.8. The van der Waals surface area contributed by atoms with Crippen LogP contribution < -0.4 is 10.2 Å². The third kappa shape index (κ3) is 4.33. The Morgan fingerprint density at radius 3 is 2.52 bits per heavy atom. The second-order valence-corrected chi connectivity index (χ2v) is 6.68. The molecule has 0 spiro atoms. The SMILES string of the molecule is O=C(Nc1ccc(F)c(Cl)c1)C1CCN(c2ccc(F)cc2[N+](=O)[O-])CC1. The highest BCUT2D eigenvalue weighted by Gasteiger charge is 2.28. The summed E-state index contributed by atoms with van der Waals surface area (Å²) in [5, 5.41) is 13.8. The zero-order valence-corrected chi connectivity index (χ0v) is 14.9. The van der Waals surface area contributed by atoms with Crippen LogP contribution in [0.4, 0.5) is 25.8 Å². The molecule has 1 heterocycles. The van der Waals surface area contributed by atoms with Crippen LogP contribution in [0.15, 0.2) is 36.4 Å². The number of hydrogen-bond acceptors (Lipinski definition) is 4. The highest BCUT2D eigenvalue weighted by molar-refractivity contribution is 6.31. The summed E-state index contributed by atoms with van der Waals surface area (Å²) in [6, 6.07) is 7.40. The maximum atomic E-state index is 13.3. The first-order valence-electron chi connectivity index (χ1n) is 8.30. The summed E-state index contributed by atoms with van der Waals surface area (Å²) < 4.78 is 26.5. The number of amides is 1. The molecule has 2 aromatic carbocycles. The van der Waals surface area contributed by atoms with Crippen LogP contribution in [0, 0.1) is 27.7 Å². The lowest BCUT2D eigenvalue weighted by molar-refractivity contribution is -0.384. The summed E-state index contributed by atoms with van der Waals surface area (Å²) in [4.78, 5) is 24.7. The van der Waals surface area contributed by atoms with Gasteiger partial charge < -0.3 is 10.2 Å². The number of carbonyl (C=O) groups is 1. The molecule has 1 aliphatic heterocycles. The molecule has 0 aromatic heterocycles. The molecule has 3 rings (SSSR count). The fraction of sp³-hybridized carbons (Fsp3) is 0.278. The van der Waals surface area contributed by atoms with Gasteiger partial charge in [0.25, 0.3) is 5.69 Å². The van der Waals surface area contributed by atoms with Gasteiger partial charge in [0.2, 0.25) is 5.91 Å². The minimum atomic E-state index is -0.669. The van der Waals surface area contributed by atoms with Crippen LogP contribution >= 0.6 is 11.6 Å². The molecule has 0 aliphatic carbocycles. The molecule has 0 saturated carbocycles. The van der Waals surface area contributed by atoms with Gasteiger partial charge in [-0.3, -0.25) is 14.9 Å². The number of benzene rings is 2. The van der Waals surface area contributed by atoms with Crippen molar-refractivity contribution < 1.29 is 18.5 Å². The molecular weight excluding hydrogens is 380 g/mol. The maximum Gasteiger partial charge on any atom is 0.295 e. The quantitative estimate of drug-likeness (QED) is 0.615. The summed E-state index contributed by atoms with van der Waals surface area (Å²) in [7, 11) is 0. The average Bonchev–Trinajstić information content (AvgIpc) is 2.65. The Labute approximate surface area is 158 Å². The first kappa shape index (κ1) is 19.0. The third-order valence-corrected chi connectivity index (χ3v) is 4.82. The van der Waals surface area contributed by atoms with Crippen LogP contribution in [-0.2, 0) is 4.79 Å². The van der Waals surface area contributed by atoms with Crippen molar-refractivity contribution in [2.45, 2.75) is 12.8 Å². The molecule has 142 valence electrons. The lowest BCUT2D eigenvalue weighted by atomic mass is 9.95. The van der Waals surface area contributed by atoms with Gasteiger partial charge in [0, 0.05) is 24.7 Å². The van der Waals surface area contributed by atoms with Crippen molar-refractivity contribution in [3.05, 3.63) is 63.2 Å². The first-order valence-corrected chi connectivity index (χ1v) is 8.68. The van der Waals surface area contributed by atoms with E-state index in [0.717, 1.165) is 6.07 Å². The molecule has 6 nitrogen and oxygen atoms in total. The Morgan fingerprint density at radius 2 is 1.89 bits per heavy atom. The number of hydrogen-bond donors (Lipinski definition) is 1. The Hall–Kier alpha value is -2.74. The summed E-state index contributed by atoms with van der Waals surface area (Å²) in [6.45, 7) is 0.851. The Kier molecular flexibility index (Phi) is 5.55. The van der Waals surface area contributed by atoms with Crippen LogP contribution in [0.2, 0.25) is 5.02 Å². The molecule has 0 atom stereocenters. The number of piperidine rings is 1. The number of halogens is 3. The van der Waals surface area contributed by atoms with E-state index in [-0.39, 0.29) is 22.5 Å². The molecule has 0 unspecified atom stereocenters. The van der Waals surface area contributed by atoms with Crippen LogP contribution in [-0.4, -0.2) is 23.9 Å². The van der Waals surface area contributed by atoms with Gasteiger partial charge in [0.15, 0.2) is 0 Å². The molecule has 0 bridgehead atoms. The van der Waals surface area contributed by atoms with Crippen LogP contribution in [0.3, 0.4) is 0 Å². The number of nitro benzene ring substituents is 1. The van der Waals surface area contributed by atoms with Crippen molar-refractivity contribution >= 4 is 34.6 Å². The van der Waals surface area contributed by atoms with Crippen LogP contribution in [0.25, 0.3) is 0 Å². The lowest BCUT2D eigenvalue weighted by Gasteiger charge is -2.32. The minimum absolute atomic E-state index is 0.0776. The minimum Gasteiger partial charge on any atom is -0.366 e. The summed E-state index contributed by atoms with van der Waals surface area (Å²) in [5.41, 5.74) is 0.451. The molecule has 0 radical (unpaired) electrons. The van der Waals surface area contributed by atoms with Gasteiger partial charge in [-0.2, -0.15) is 0 Å². The standard InChI is InChI=1S/C18H16ClF2N3O3/c19-14-10-13(2-3-15(14)21)22-18(25)11-5-7-23(8-6-11)16-4-1-12(20)9-17(16)24(26)27/h1-4,9-11H,5-8H2,(H,22,25). The van der Waals surface area contributed by atoms with Crippen molar-refractivity contribution in [1.29, 1.82) is 0 Å². The number of nitrogens with one attached hydrogen (secondary N) is 1. The number of nitro groups is 1. The van der Waals surface area contributed by atoms with E-state index in [2.05, 4.69) is 5.32 Å². The van der Waals surface area contributed by atoms with Gasteiger partial charge >= 0.3 is 0 Å². The molecule has 1 amide bonds. The fourth-order valence-electron chi connectivity index (χ4n) is 3.11. The van der Waals surface area contributed by atoms with Crippen molar-refractivity contribution in [2.24, 2.45) is 5.92 Å². The summed E-state index contributed by atoms with van der Waals surface area (Å²) in [6.07, 6.45) is 0.963. The van der Waals surface area contributed by atoms with Gasteiger partial charge in [0.1, 0.15) is 17.3 Å². The van der Waals surface area contributed by atoms with Crippen molar-refractivity contribution in [1.82, 2.24) is 0 Å². The number of nitrogens with zero attached hydrogens (tertiary/aromatic N) is 2. The number of anilines is 2. The highest BCUT2D eigenvalue weighted by Crippen LogP contribution is 2.32.